The van der Waals surface area contributed by atoms with Crippen LogP contribution in [0.15, 0.2) is 0 Å². The zero-order valence-electron chi connectivity index (χ0n) is 36.0. The zero-order chi connectivity index (χ0) is 42.6. The van der Waals surface area contributed by atoms with E-state index in [1.165, 1.54) is 103 Å². The predicted molar refractivity (Wildman–Crippen MR) is 217 cm³/mol. The van der Waals surface area contributed by atoms with Crippen LogP contribution in [0.25, 0.3) is 0 Å². The molecule has 16 atom stereocenters. The number of esters is 1. The van der Waals surface area contributed by atoms with Crippen molar-refractivity contribution >= 4 is 5.97 Å². The van der Waals surface area contributed by atoms with Gasteiger partial charge in [0.25, 0.3) is 0 Å². The summed E-state index contributed by atoms with van der Waals surface area (Å²) in [5.74, 6) is -0.387. The van der Waals surface area contributed by atoms with Crippen molar-refractivity contribution < 1.29 is 69.3 Å². The third-order valence-corrected chi connectivity index (χ3v) is 13.0. The molecular weight excluding hydrogens is 752 g/mol. The van der Waals surface area contributed by atoms with E-state index in [9.17, 15) is 45.6 Å². The fourth-order valence-corrected chi connectivity index (χ4v) is 8.77. The van der Waals surface area contributed by atoms with Crippen LogP contribution in [-0.2, 0) is 28.5 Å². The van der Waals surface area contributed by atoms with E-state index in [0.717, 1.165) is 19.3 Å². The molecule has 0 bridgehead atoms. The van der Waals surface area contributed by atoms with E-state index in [-0.39, 0.29) is 12.0 Å². The molecule has 0 aromatic rings. The number of ether oxygens (including phenoxy) is 5. The second kappa shape index (κ2) is 27.8. The molecule has 0 aromatic carbocycles. The maximum absolute atomic E-state index is 13.2. The Bertz CT molecular complexity index is 1080. The van der Waals surface area contributed by atoms with E-state index in [1.807, 2.05) is 0 Å². The lowest BCUT2D eigenvalue weighted by molar-refractivity contribution is -0.376. The molecule has 0 spiro atoms. The third kappa shape index (κ3) is 16.7. The van der Waals surface area contributed by atoms with E-state index >= 15 is 0 Å². The van der Waals surface area contributed by atoms with Crippen molar-refractivity contribution in [1.29, 1.82) is 0 Å². The molecule has 58 heavy (non-hydrogen) atoms. The molecule has 2 aliphatic heterocycles. The van der Waals surface area contributed by atoms with Gasteiger partial charge in [0.1, 0.15) is 55.4 Å². The first-order chi connectivity index (χ1) is 27.9. The minimum absolute atomic E-state index is 0.153. The first-order valence-corrected chi connectivity index (χ1v) is 22.9. The molecule has 3 aliphatic rings. The molecule has 0 aromatic heterocycles. The average molecular weight is 835 g/mol. The molecule has 0 radical (unpaired) electrons. The summed E-state index contributed by atoms with van der Waals surface area (Å²) in [7, 11) is 1.78. The van der Waals surface area contributed by atoms with Gasteiger partial charge in [-0.05, 0) is 49.9 Å². The highest BCUT2D eigenvalue weighted by Crippen LogP contribution is 2.47. The van der Waals surface area contributed by atoms with Crippen molar-refractivity contribution in [3.8, 4) is 0 Å². The van der Waals surface area contributed by atoms with Gasteiger partial charge in [-0.1, -0.05) is 124 Å². The van der Waals surface area contributed by atoms with E-state index < -0.39 is 92.6 Å². The first-order valence-electron chi connectivity index (χ1n) is 22.9. The van der Waals surface area contributed by atoms with Crippen LogP contribution in [-0.4, -0.2) is 141 Å². The van der Waals surface area contributed by atoms with Crippen molar-refractivity contribution in [2.24, 2.45) is 23.7 Å². The summed E-state index contributed by atoms with van der Waals surface area (Å²) in [6.07, 6.45) is 8.14. The third-order valence-electron chi connectivity index (χ3n) is 13.0. The Hall–Kier alpha value is -1.01. The van der Waals surface area contributed by atoms with Gasteiger partial charge in [0.05, 0.1) is 24.7 Å². The van der Waals surface area contributed by atoms with Crippen LogP contribution in [0.4, 0.5) is 0 Å². The Kier molecular flexibility index (Phi) is 24.6. The second-order valence-corrected chi connectivity index (χ2v) is 17.6. The maximum Gasteiger partial charge on any atom is 0.311 e. The largest absolute Gasteiger partial charge is 0.463 e. The molecule has 14 nitrogen and oxygen atoms in total. The lowest BCUT2D eigenvalue weighted by Crippen LogP contribution is -2.63. The lowest BCUT2D eigenvalue weighted by atomic mass is 9.91. The fourth-order valence-electron chi connectivity index (χ4n) is 8.77. The average Bonchev–Trinajstić information content (AvgIpc) is 3.95. The normalized spacial score (nSPS) is 33.4. The Morgan fingerprint density at radius 2 is 1.12 bits per heavy atom. The molecule has 2 saturated heterocycles. The molecule has 1 aliphatic carbocycles. The van der Waals surface area contributed by atoms with Crippen LogP contribution >= 0.6 is 0 Å². The lowest BCUT2D eigenvalue weighted by Gasteiger charge is -2.44. The Morgan fingerprint density at radius 1 is 0.655 bits per heavy atom. The van der Waals surface area contributed by atoms with Crippen molar-refractivity contribution in [3.63, 3.8) is 0 Å². The smallest absolute Gasteiger partial charge is 0.311 e. The van der Waals surface area contributed by atoms with Gasteiger partial charge in [-0.2, -0.15) is 0 Å². The maximum atomic E-state index is 13.2. The van der Waals surface area contributed by atoms with Gasteiger partial charge in [-0.3, -0.25) is 4.79 Å². The van der Waals surface area contributed by atoms with Gasteiger partial charge in [0.15, 0.2) is 12.6 Å². The highest BCUT2D eigenvalue weighted by molar-refractivity contribution is 5.73. The molecule has 8 N–H and O–H groups in total. The molecule has 10 unspecified atom stereocenters. The Balaban J connectivity index is 1.31. The zero-order valence-corrected chi connectivity index (χ0v) is 36.0. The van der Waals surface area contributed by atoms with Crippen molar-refractivity contribution in [3.05, 3.63) is 0 Å². The van der Waals surface area contributed by atoms with Gasteiger partial charge in [0.2, 0.25) is 0 Å². The standard InChI is InChI=1S/C44H82O14/c1-5-7-8-9-10-11-12-13-14-15-16-17-18-19-20-21-22-28(3)33(54-4)25-30-23-29(30)24-32(46)31(6-2)42(53)55-27-35-37(48)39(50)41(52)44(57-35)58-43-40(51)38(49)36(47)34(26-45)56-43/h28-41,43-52H,5-27H2,1-4H3/t28-,29-,30+,31-,32-,33-,34?,35?,36?,37?,38?,39?,40?,41?,43?,44?/m1/s1. The van der Waals surface area contributed by atoms with E-state index in [1.54, 1.807) is 14.0 Å². The van der Waals surface area contributed by atoms with E-state index in [0.29, 0.717) is 24.7 Å². The Labute approximate surface area is 347 Å². The minimum Gasteiger partial charge on any atom is -0.463 e. The summed E-state index contributed by atoms with van der Waals surface area (Å²) in [5, 5.41) is 82.5. The van der Waals surface area contributed by atoms with Crippen LogP contribution < -0.4 is 0 Å². The summed E-state index contributed by atoms with van der Waals surface area (Å²) in [6.45, 7) is 5.06. The number of aliphatic hydroxyl groups is 8. The van der Waals surface area contributed by atoms with Crippen molar-refractivity contribution in [2.75, 3.05) is 20.3 Å². The number of aliphatic hydroxyl groups excluding tert-OH is 8. The minimum atomic E-state index is -1.83. The van der Waals surface area contributed by atoms with Crippen LogP contribution in [0.3, 0.4) is 0 Å². The van der Waals surface area contributed by atoms with Crippen molar-refractivity contribution in [2.45, 2.75) is 229 Å². The summed E-state index contributed by atoms with van der Waals surface area (Å²) in [4.78, 5) is 13.2. The predicted octanol–water partition coefficient (Wildman–Crippen LogP) is 4.26. The molecule has 342 valence electrons. The molecule has 14 heteroatoms. The van der Waals surface area contributed by atoms with Gasteiger partial charge in [-0.25, -0.2) is 0 Å². The topological polar surface area (TPSA) is 225 Å². The van der Waals surface area contributed by atoms with E-state index in [4.69, 9.17) is 23.7 Å². The van der Waals surface area contributed by atoms with Crippen LogP contribution in [0.5, 0.6) is 0 Å². The van der Waals surface area contributed by atoms with Gasteiger partial charge >= 0.3 is 5.97 Å². The van der Waals surface area contributed by atoms with Gasteiger partial charge < -0.3 is 64.5 Å². The Morgan fingerprint density at radius 3 is 1.60 bits per heavy atom. The molecule has 1 saturated carbocycles. The summed E-state index contributed by atoms with van der Waals surface area (Å²) >= 11 is 0. The highest BCUT2D eigenvalue weighted by atomic mass is 16.8. The first kappa shape index (κ1) is 51.3. The molecule has 2 heterocycles. The van der Waals surface area contributed by atoms with Crippen LogP contribution in [0.2, 0.25) is 0 Å². The van der Waals surface area contributed by atoms with Crippen LogP contribution in [0.1, 0.15) is 156 Å². The molecule has 0 amide bonds. The summed E-state index contributed by atoms with van der Waals surface area (Å²) < 4.78 is 27.7. The number of rotatable bonds is 31. The molecule has 3 rings (SSSR count). The van der Waals surface area contributed by atoms with Crippen LogP contribution in [0, 0.1) is 23.7 Å². The number of methoxy groups -OCH3 is 1. The van der Waals surface area contributed by atoms with Gasteiger partial charge in [0, 0.05) is 7.11 Å². The molecular formula is C44H82O14. The van der Waals surface area contributed by atoms with Crippen molar-refractivity contribution in [1.82, 2.24) is 0 Å². The SMILES string of the molecule is CCCCCCCCCCCCCCCCCC[C@@H](C)[C@@H](C[C@@H]1C[C@@H]1C[C@@H](O)[C@@H](CC)C(=O)OCC1OC(OC2OC(CO)C(O)C(O)C2O)C(O)C(O)C1O)OC. The fraction of sp³-hybridized carbons (Fsp3) is 0.977. The highest BCUT2D eigenvalue weighted by Gasteiger charge is 2.50. The number of hydrogen-bond donors (Lipinski definition) is 8. The number of carbonyl (C=O) groups excluding carboxylic acids is 1. The monoisotopic (exact) mass is 835 g/mol. The summed E-state index contributed by atoms with van der Waals surface area (Å²) in [6, 6.07) is 0. The van der Waals surface area contributed by atoms with Gasteiger partial charge in [-0.15, -0.1) is 0 Å². The quantitative estimate of drug-likeness (QED) is 0.0361. The molecule has 3 fully saturated rings. The summed E-state index contributed by atoms with van der Waals surface area (Å²) in [5.41, 5.74) is 0. The number of unbranched alkanes of at least 4 members (excludes halogenated alkanes) is 15. The van der Waals surface area contributed by atoms with E-state index in [2.05, 4.69) is 13.8 Å². The number of hydrogen-bond acceptors (Lipinski definition) is 14. The second-order valence-electron chi connectivity index (χ2n) is 17.6. The number of carbonyl (C=O) groups is 1.